The first-order valence-corrected chi connectivity index (χ1v) is 15.3. The molecule has 1 aromatic carbocycles. The number of carboxylic acid groups (broad SMARTS) is 1. The smallest absolute Gasteiger partial charge is 0.439 e. The fourth-order valence-corrected chi connectivity index (χ4v) is 5.88. The zero-order valence-electron chi connectivity index (χ0n) is 22.4. The molecule has 2 aliphatic heterocycles. The average molecular weight is 516 g/mol. The third-order valence-electron chi connectivity index (χ3n) is 7.68. The van der Waals surface area contributed by atoms with Gasteiger partial charge in [0.05, 0.1) is 5.56 Å². The lowest BCUT2D eigenvalue weighted by molar-refractivity contribution is 0.0160. The topological polar surface area (TPSA) is 118 Å². The third kappa shape index (κ3) is 4.58. The lowest BCUT2D eigenvalue weighted by atomic mass is 9.69. The molecule has 36 heavy (non-hydrogen) atoms. The van der Waals surface area contributed by atoms with Gasteiger partial charge in [-0.25, -0.2) is 9.59 Å². The van der Waals surface area contributed by atoms with Crippen LogP contribution in [0.3, 0.4) is 0 Å². The summed E-state index contributed by atoms with van der Waals surface area (Å²) in [5, 5.41) is 13.4. The van der Waals surface area contributed by atoms with Crippen LogP contribution in [0.1, 0.15) is 59.9 Å². The van der Waals surface area contributed by atoms with Crippen molar-refractivity contribution in [3.05, 3.63) is 39.9 Å². The second-order valence-electron chi connectivity index (χ2n) is 12.3. The summed E-state index contributed by atoms with van der Waals surface area (Å²) in [7, 11) is -2.30. The monoisotopic (exact) mass is 515 g/mol. The van der Waals surface area contributed by atoms with Gasteiger partial charge in [0, 0.05) is 37.1 Å². The lowest BCUT2D eigenvalue weighted by Crippen LogP contribution is -2.54. The fraction of sp³-hybridized carbons (Fsp3) is 0.577. The molecule has 196 valence electrons. The summed E-state index contributed by atoms with van der Waals surface area (Å²) in [6, 6.07) is 5.63. The number of ether oxygens (including phenoxy) is 1. The van der Waals surface area contributed by atoms with Crippen LogP contribution < -0.4 is 10.5 Å². The molecule has 2 aromatic rings. The number of carbonyl (C=O) groups is 1. The Morgan fingerprint density at radius 2 is 1.81 bits per heavy atom. The number of hydrogen-bond donors (Lipinski definition) is 2. The molecular weight excluding hydrogens is 478 g/mol. The molecular formula is C26H37N3O6Si. The Kier molecular flexibility index (Phi) is 6.18. The van der Waals surface area contributed by atoms with E-state index < -0.39 is 25.8 Å². The molecule has 0 unspecified atom stereocenters. The van der Waals surface area contributed by atoms with Crippen LogP contribution in [0.4, 0.5) is 4.79 Å². The molecule has 1 fully saturated rings. The highest BCUT2D eigenvalue weighted by Crippen LogP contribution is 2.54. The molecule has 0 saturated carbocycles. The van der Waals surface area contributed by atoms with Crippen LogP contribution in [0.5, 0.6) is 5.75 Å². The van der Waals surface area contributed by atoms with Gasteiger partial charge in [0.1, 0.15) is 17.1 Å². The standard InChI is InChI=1S/C26H37N3O6Si/c1-24(2,3)20-19(35-36(7,8)25(4,5)6)17-15-16(21-27-22(30)34-28-21)9-10-18(17)33-26(20)11-13-29(14-12-26)23(31)32/h9-10,15H,11-14H2,1-8H3,(H,31,32)(H,27,28,30). The number of nitrogens with zero attached hydrogens (tertiary/aromatic N) is 2. The second kappa shape index (κ2) is 8.54. The fourth-order valence-electron chi connectivity index (χ4n) is 4.85. The van der Waals surface area contributed by atoms with Gasteiger partial charge in [-0.05, 0) is 41.7 Å². The Labute approximate surface area is 212 Å². The van der Waals surface area contributed by atoms with Crippen molar-refractivity contribution in [3.63, 3.8) is 0 Å². The predicted molar refractivity (Wildman–Crippen MR) is 139 cm³/mol. The van der Waals surface area contributed by atoms with Gasteiger partial charge in [0.25, 0.3) is 8.32 Å². The van der Waals surface area contributed by atoms with Crippen molar-refractivity contribution in [1.29, 1.82) is 0 Å². The summed E-state index contributed by atoms with van der Waals surface area (Å²) in [5.41, 5.74) is 1.53. The van der Waals surface area contributed by atoms with Gasteiger partial charge >= 0.3 is 11.8 Å². The highest BCUT2D eigenvalue weighted by molar-refractivity contribution is 6.74. The quantitative estimate of drug-likeness (QED) is 0.502. The Morgan fingerprint density at radius 1 is 1.17 bits per heavy atom. The number of rotatable bonds is 3. The molecule has 1 aromatic heterocycles. The molecule has 2 aliphatic rings. The number of aromatic nitrogens is 2. The Bertz CT molecular complexity index is 1250. The van der Waals surface area contributed by atoms with E-state index in [2.05, 4.69) is 64.8 Å². The first kappa shape index (κ1) is 26.1. The summed E-state index contributed by atoms with van der Waals surface area (Å²) >= 11 is 0. The van der Waals surface area contributed by atoms with Crippen molar-refractivity contribution in [2.24, 2.45) is 5.41 Å². The van der Waals surface area contributed by atoms with Crippen molar-refractivity contribution in [1.82, 2.24) is 15.0 Å². The third-order valence-corrected chi connectivity index (χ3v) is 12.0. The molecule has 1 saturated heterocycles. The van der Waals surface area contributed by atoms with Crippen LogP contribution in [-0.4, -0.2) is 53.2 Å². The molecule has 1 spiro atoms. The second-order valence-corrected chi connectivity index (χ2v) is 17.1. The number of fused-ring (bicyclic) bond motifs is 1. The Hall–Kier alpha value is -3.01. The minimum absolute atomic E-state index is 0.0454. The number of H-pyrrole nitrogens is 1. The highest BCUT2D eigenvalue weighted by atomic mass is 28.4. The molecule has 9 nitrogen and oxygen atoms in total. The van der Waals surface area contributed by atoms with Crippen LogP contribution in [0.2, 0.25) is 18.1 Å². The highest BCUT2D eigenvalue weighted by Gasteiger charge is 2.52. The number of aromatic amines is 1. The maximum Gasteiger partial charge on any atom is 0.439 e. The van der Waals surface area contributed by atoms with E-state index in [0.29, 0.717) is 43.1 Å². The minimum atomic E-state index is -2.30. The van der Waals surface area contributed by atoms with E-state index >= 15 is 0 Å². The zero-order chi connectivity index (χ0) is 26.7. The van der Waals surface area contributed by atoms with Gasteiger partial charge in [0.15, 0.2) is 5.82 Å². The zero-order valence-corrected chi connectivity index (χ0v) is 23.4. The maximum absolute atomic E-state index is 11.7. The van der Waals surface area contributed by atoms with Crippen molar-refractivity contribution >= 4 is 20.2 Å². The number of likely N-dealkylation sites (tertiary alicyclic amines) is 1. The lowest BCUT2D eigenvalue weighted by Gasteiger charge is -2.51. The summed E-state index contributed by atoms with van der Waals surface area (Å²) in [6.07, 6.45) is 0.161. The van der Waals surface area contributed by atoms with Gasteiger partial charge in [-0.1, -0.05) is 46.7 Å². The summed E-state index contributed by atoms with van der Waals surface area (Å²) in [4.78, 5) is 27.3. The number of nitrogens with one attached hydrogen (secondary N) is 1. The molecule has 3 heterocycles. The Balaban J connectivity index is 1.95. The van der Waals surface area contributed by atoms with Gasteiger partial charge in [-0.3, -0.25) is 9.51 Å². The maximum atomic E-state index is 11.7. The number of hydrogen-bond acceptors (Lipinski definition) is 6. The van der Waals surface area contributed by atoms with Crippen LogP contribution >= 0.6 is 0 Å². The average Bonchev–Trinajstić information content (AvgIpc) is 3.18. The summed E-state index contributed by atoms with van der Waals surface area (Å²) in [6.45, 7) is 18.3. The van der Waals surface area contributed by atoms with E-state index in [4.69, 9.17) is 13.7 Å². The molecule has 4 rings (SSSR count). The minimum Gasteiger partial charge on any atom is -0.543 e. The van der Waals surface area contributed by atoms with Crippen molar-refractivity contribution in [2.75, 3.05) is 13.1 Å². The van der Waals surface area contributed by atoms with Crippen molar-refractivity contribution < 1.29 is 23.6 Å². The number of amides is 1. The van der Waals surface area contributed by atoms with Gasteiger partial charge < -0.3 is 19.2 Å². The predicted octanol–water partition coefficient (Wildman–Crippen LogP) is 5.71. The molecule has 0 bridgehead atoms. The summed E-state index contributed by atoms with van der Waals surface area (Å²) < 4.78 is 18.6. The molecule has 0 aliphatic carbocycles. The van der Waals surface area contributed by atoms with Gasteiger partial charge in [0.2, 0.25) is 0 Å². The van der Waals surface area contributed by atoms with Crippen LogP contribution in [-0.2, 0) is 4.43 Å². The molecule has 2 N–H and O–H groups in total. The van der Waals surface area contributed by atoms with E-state index in [1.165, 1.54) is 4.90 Å². The summed E-state index contributed by atoms with van der Waals surface area (Å²) in [5.74, 6) is 1.19. The van der Waals surface area contributed by atoms with E-state index in [9.17, 15) is 14.7 Å². The number of benzene rings is 1. The van der Waals surface area contributed by atoms with Crippen LogP contribution in [0.25, 0.3) is 17.1 Å². The Morgan fingerprint density at radius 3 is 2.31 bits per heavy atom. The van der Waals surface area contributed by atoms with E-state index in [1.54, 1.807) is 0 Å². The first-order valence-electron chi connectivity index (χ1n) is 12.4. The van der Waals surface area contributed by atoms with E-state index in [-0.39, 0.29) is 10.5 Å². The SMILES string of the molecule is CC(C)(C)C1=C(O[Si](C)(C)C(C)(C)C)c2cc(-c3noc(=O)[nH]3)ccc2OC12CCN(C(=O)O)CC2. The molecule has 0 atom stereocenters. The van der Waals surface area contributed by atoms with Gasteiger partial charge in [-0.2, -0.15) is 0 Å². The normalized spacial score (nSPS) is 18.2. The molecule has 1 amide bonds. The molecule has 0 radical (unpaired) electrons. The van der Waals surface area contributed by atoms with Crippen LogP contribution in [0, 0.1) is 5.41 Å². The van der Waals surface area contributed by atoms with E-state index in [1.807, 2.05) is 18.2 Å². The molecule has 10 heteroatoms. The largest absolute Gasteiger partial charge is 0.543 e. The van der Waals surface area contributed by atoms with Crippen molar-refractivity contribution in [3.8, 4) is 17.1 Å². The number of piperidine rings is 1. The van der Waals surface area contributed by atoms with E-state index in [0.717, 1.165) is 16.9 Å². The van der Waals surface area contributed by atoms with Crippen LogP contribution in [0.15, 0.2) is 33.1 Å². The van der Waals surface area contributed by atoms with Gasteiger partial charge in [-0.15, -0.1) is 0 Å². The van der Waals surface area contributed by atoms with Crippen molar-refractivity contribution in [2.45, 2.75) is 78.1 Å². The first-order chi connectivity index (χ1) is 16.5.